The summed E-state index contributed by atoms with van der Waals surface area (Å²) in [5.41, 5.74) is 3.19. The molecular weight excluding hydrogens is 391 g/mol. The van der Waals surface area contributed by atoms with Crippen LogP contribution < -0.4 is 15.8 Å². The number of terminal acetylenes is 1. The summed E-state index contributed by atoms with van der Waals surface area (Å²) in [6.45, 7) is 0. The smallest absolute Gasteiger partial charge is 0.383 e. The third-order valence-corrected chi connectivity index (χ3v) is 3.81. The van der Waals surface area contributed by atoms with Crippen LogP contribution in [-0.4, -0.2) is 23.1 Å². The maximum atomic E-state index is 14.5. The zero-order valence-corrected chi connectivity index (χ0v) is 13.9. The number of alkyl halides is 3. The van der Waals surface area contributed by atoms with Gasteiger partial charge in [0.2, 0.25) is 5.76 Å². The fraction of sp³-hybridized carbons (Fsp3) is 0.188. The molecule has 0 aliphatic carbocycles. The number of amides is 2. The van der Waals surface area contributed by atoms with Gasteiger partial charge in [-0.25, -0.2) is 4.39 Å². The van der Waals surface area contributed by atoms with E-state index in [1.54, 1.807) is 0 Å². The molecule has 1 atom stereocenters. The molecule has 11 heteroatoms. The molecule has 1 aromatic heterocycles. The third kappa shape index (κ3) is 3.29. The maximum absolute atomic E-state index is 14.5. The Kier molecular flexibility index (Phi) is 4.49. The molecular formula is C16H9ClF3N3O4. The monoisotopic (exact) mass is 399 g/mol. The van der Waals surface area contributed by atoms with Crippen molar-refractivity contribution >= 4 is 29.1 Å². The van der Waals surface area contributed by atoms with Crippen LogP contribution in [0, 0.1) is 18.2 Å². The predicted molar refractivity (Wildman–Crippen MR) is 86.7 cm³/mol. The topological polar surface area (TPSA) is 107 Å². The van der Waals surface area contributed by atoms with Crippen molar-refractivity contribution in [2.24, 2.45) is 5.73 Å². The molecule has 140 valence electrons. The second-order valence-electron chi connectivity index (χ2n) is 5.43. The minimum Gasteiger partial charge on any atom is -0.477 e. The van der Waals surface area contributed by atoms with Crippen molar-refractivity contribution in [1.29, 1.82) is 0 Å². The van der Waals surface area contributed by atoms with E-state index in [2.05, 4.69) is 20.9 Å². The zero-order chi connectivity index (χ0) is 19.9. The SMILES string of the molecule is C#CCC1Oc2cc(F)c(-c3noc(C(F)(F)Cl)c3C(N)=O)cc2NC1=O. The van der Waals surface area contributed by atoms with Crippen molar-refractivity contribution in [2.75, 3.05) is 5.32 Å². The minimum atomic E-state index is -4.10. The molecule has 27 heavy (non-hydrogen) atoms. The first kappa shape index (κ1) is 18.6. The van der Waals surface area contributed by atoms with Gasteiger partial charge >= 0.3 is 5.38 Å². The molecule has 1 aliphatic rings. The molecule has 0 spiro atoms. The molecule has 2 heterocycles. The summed E-state index contributed by atoms with van der Waals surface area (Å²) in [5.74, 6) is -2.04. The number of anilines is 1. The molecule has 7 nitrogen and oxygen atoms in total. The largest absolute Gasteiger partial charge is 0.477 e. The van der Waals surface area contributed by atoms with Crippen LogP contribution in [0.25, 0.3) is 11.3 Å². The van der Waals surface area contributed by atoms with E-state index >= 15 is 0 Å². The predicted octanol–water partition coefficient (Wildman–Crippen LogP) is 2.59. The first-order chi connectivity index (χ1) is 12.6. The lowest BCUT2D eigenvalue weighted by atomic mass is 10.0. The highest BCUT2D eigenvalue weighted by Crippen LogP contribution is 2.41. The molecule has 0 saturated heterocycles. The Balaban J connectivity index is 2.12. The number of carbonyl (C=O) groups is 2. The van der Waals surface area contributed by atoms with E-state index in [1.807, 2.05) is 0 Å². The number of ether oxygens (including phenoxy) is 1. The van der Waals surface area contributed by atoms with Gasteiger partial charge < -0.3 is 20.3 Å². The summed E-state index contributed by atoms with van der Waals surface area (Å²) in [7, 11) is 0. The number of nitrogens with zero attached hydrogens (tertiary/aromatic N) is 1. The number of hydrogen-bond donors (Lipinski definition) is 2. The zero-order valence-electron chi connectivity index (χ0n) is 13.2. The Morgan fingerprint density at radius 1 is 1.48 bits per heavy atom. The number of rotatable bonds is 4. The highest BCUT2D eigenvalue weighted by molar-refractivity contribution is 6.22. The van der Waals surface area contributed by atoms with E-state index in [-0.39, 0.29) is 17.9 Å². The summed E-state index contributed by atoms with van der Waals surface area (Å²) in [4.78, 5) is 23.5. The van der Waals surface area contributed by atoms with Gasteiger partial charge in [0.1, 0.15) is 22.8 Å². The average Bonchev–Trinajstić information content (AvgIpc) is 3.01. The number of hydrogen-bond acceptors (Lipinski definition) is 5. The Morgan fingerprint density at radius 3 is 2.78 bits per heavy atom. The van der Waals surface area contributed by atoms with Crippen molar-refractivity contribution in [3.63, 3.8) is 0 Å². The number of primary amides is 1. The van der Waals surface area contributed by atoms with Gasteiger partial charge in [-0.1, -0.05) is 5.16 Å². The molecule has 2 aromatic rings. The summed E-state index contributed by atoms with van der Waals surface area (Å²) in [6.07, 6.45) is 4.08. The molecule has 2 amide bonds. The second kappa shape index (κ2) is 6.51. The molecule has 0 fully saturated rings. The fourth-order valence-corrected chi connectivity index (χ4v) is 2.62. The quantitative estimate of drug-likeness (QED) is 0.607. The number of fused-ring (bicyclic) bond motifs is 1. The first-order valence-corrected chi connectivity index (χ1v) is 7.62. The summed E-state index contributed by atoms with van der Waals surface area (Å²) >= 11 is 4.87. The number of nitrogens with two attached hydrogens (primary N) is 1. The maximum Gasteiger partial charge on any atom is 0.383 e. The van der Waals surface area contributed by atoms with Crippen LogP contribution in [-0.2, 0) is 10.2 Å². The summed E-state index contributed by atoms with van der Waals surface area (Å²) < 4.78 is 51.0. The van der Waals surface area contributed by atoms with Gasteiger partial charge in [0.15, 0.2) is 6.10 Å². The Morgan fingerprint density at radius 2 is 2.19 bits per heavy atom. The lowest BCUT2D eigenvalue weighted by Gasteiger charge is -2.25. The highest BCUT2D eigenvalue weighted by Gasteiger charge is 2.41. The Labute approximate surface area is 154 Å². The van der Waals surface area contributed by atoms with Crippen LogP contribution in [0.2, 0.25) is 0 Å². The van der Waals surface area contributed by atoms with Gasteiger partial charge in [-0.2, -0.15) is 8.78 Å². The molecule has 0 saturated carbocycles. The lowest BCUT2D eigenvalue weighted by Crippen LogP contribution is -2.36. The van der Waals surface area contributed by atoms with Crippen molar-refractivity contribution in [1.82, 2.24) is 5.16 Å². The number of nitrogens with one attached hydrogen (secondary N) is 1. The molecule has 1 aliphatic heterocycles. The fourth-order valence-electron chi connectivity index (χ4n) is 2.49. The van der Waals surface area contributed by atoms with Crippen molar-refractivity contribution in [3.8, 4) is 29.4 Å². The lowest BCUT2D eigenvalue weighted by molar-refractivity contribution is -0.123. The molecule has 3 N–H and O–H groups in total. The van der Waals surface area contributed by atoms with E-state index in [1.165, 1.54) is 0 Å². The van der Waals surface area contributed by atoms with E-state index in [4.69, 9.17) is 28.5 Å². The van der Waals surface area contributed by atoms with Crippen LogP contribution in [0.4, 0.5) is 18.9 Å². The molecule has 0 radical (unpaired) electrons. The van der Waals surface area contributed by atoms with Gasteiger partial charge in [-0.05, 0) is 17.7 Å². The second-order valence-corrected chi connectivity index (χ2v) is 5.90. The third-order valence-electron chi connectivity index (χ3n) is 3.64. The van der Waals surface area contributed by atoms with E-state index in [9.17, 15) is 22.8 Å². The summed E-state index contributed by atoms with van der Waals surface area (Å²) in [5, 5.41) is 1.63. The van der Waals surface area contributed by atoms with Crippen LogP contribution in [0.15, 0.2) is 16.7 Å². The molecule has 3 rings (SSSR count). The Bertz CT molecular complexity index is 994. The standard InChI is InChI=1S/C16H9ClF3N3O4/c1-2-3-9-15(25)22-8-4-6(7(18)5-10(8)26-9)12-11(14(21)24)13(27-23-12)16(17,19)20/h1,4-5,9H,3H2,(H2,21,24)(H,22,25). The van der Waals surface area contributed by atoms with Crippen molar-refractivity contribution in [3.05, 3.63) is 29.3 Å². The van der Waals surface area contributed by atoms with Crippen LogP contribution in [0.3, 0.4) is 0 Å². The molecule has 0 bridgehead atoms. The van der Waals surface area contributed by atoms with Crippen molar-refractivity contribution < 1.29 is 32.0 Å². The number of benzene rings is 1. The number of carbonyl (C=O) groups excluding carboxylic acids is 2. The highest BCUT2D eigenvalue weighted by atomic mass is 35.5. The summed E-state index contributed by atoms with van der Waals surface area (Å²) in [6, 6.07) is 1.92. The first-order valence-electron chi connectivity index (χ1n) is 7.25. The molecule has 1 unspecified atom stereocenters. The Hall–Kier alpha value is -3.19. The number of halogens is 4. The molecule has 1 aromatic carbocycles. The van der Waals surface area contributed by atoms with E-state index in [0.29, 0.717) is 0 Å². The number of aromatic nitrogens is 1. The van der Waals surface area contributed by atoms with Crippen LogP contribution in [0.1, 0.15) is 22.5 Å². The minimum absolute atomic E-state index is 0.0160. The van der Waals surface area contributed by atoms with Gasteiger partial charge in [0, 0.05) is 11.6 Å². The van der Waals surface area contributed by atoms with E-state index < -0.39 is 51.7 Å². The van der Waals surface area contributed by atoms with Crippen LogP contribution >= 0.6 is 11.6 Å². The van der Waals surface area contributed by atoms with Crippen LogP contribution in [0.5, 0.6) is 5.75 Å². The van der Waals surface area contributed by atoms with Gasteiger partial charge in [-0.3, -0.25) is 9.59 Å². The normalized spacial score (nSPS) is 16.1. The van der Waals surface area contributed by atoms with Gasteiger partial charge in [0.05, 0.1) is 12.1 Å². The van der Waals surface area contributed by atoms with Crippen molar-refractivity contribution in [2.45, 2.75) is 17.9 Å². The van der Waals surface area contributed by atoms with Gasteiger partial charge in [-0.15, -0.1) is 12.3 Å². The average molecular weight is 400 g/mol. The van der Waals surface area contributed by atoms with Gasteiger partial charge in [0.25, 0.3) is 11.8 Å². The van der Waals surface area contributed by atoms with E-state index in [0.717, 1.165) is 12.1 Å².